The molecule has 2 amide bonds. The summed E-state index contributed by atoms with van der Waals surface area (Å²) in [5, 5.41) is 18.9. The molecule has 3 aromatic heterocycles. The highest BCUT2D eigenvalue weighted by atomic mass is 16.2. The number of amides is 2. The van der Waals surface area contributed by atoms with Crippen LogP contribution in [0.3, 0.4) is 0 Å². The van der Waals surface area contributed by atoms with Gasteiger partial charge in [0.2, 0.25) is 0 Å². The zero-order valence-electron chi connectivity index (χ0n) is 20.7. The van der Waals surface area contributed by atoms with Gasteiger partial charge in [0.1, 0.15) is 11.4 Å². The molecule has 186 valence electrons. The third-order valence-electron chi connectivity index (χ3n) is 6.00. The Morgan fingerprint density at radius 1 is 0.892 bits per heavy atom. The van der Waals surface area contributed by atoms with Gasteiger partial charge in [0.15, 0.2) is 0 Å². The van der Waals surface area contributed by atoms with Crippen LogP contribution < -0.4 is 10.6 Å². The second-order valence-corrected chi connectivity index (χ2v) is 8.61. The number of para-hydroxylation sites is 1. The van der Waals surface area contributed by atoms with Crippen LogP contribution in [0.4, 0.5) is 5.69 Å². The van der Waals surface area contributed by atoms with Crippen LogP contribution in [0.2, 0.25) is 0 Å². The average molecular weight is 495 g/mol. The van der Waals surface area contributed by atoms with Crippen LogP contribution in [0.5, 0.6) is 0 Å². The lowest BCUT2D eigenvalue weighted by Gasteiger charge is -2.09. The first-order valence-electron chi connectivity index (χ1n) is 11.7. The van der Waals surface area contributed by atoms with Crippen molar-refractivity contribution in [3.05, 3.63) is 102 Å². The number of carbonyl (C=O) groups excluding carboxylic acids is 2. The Morgan fingerprint density at radius 2 is 1.59 bits per heavy atom. The molecule has 0 aliphatic heterocycles. The molecule has 0 spiro atoms. The molecule has 0 bridgehead atoms. The monoisotopic (exact) mass is 494 g/mol. The first-order chi connectivity index (χ1) is 17.9. The van der Waals surface area contributed by atoms with Crippen LogP contribution in [0, 0.1) is 6.92 Å². The smallest absolute Gasteiger partial charge is 0.271 e. The van der Waals surface area contributed by atoms with Gasteiger partial charge < -0.3 is 10.6 Å². The minimum Gasteiger partial charge on any atom is -0.346 e. The Hall–Kier alpha value is -4.99. The molecule has 0 unspecified atom stereocenters. The van der Waals surface area contributed by atoms with E-state index in [-0.39, 0.29) is 17.5 Å². The van der Waals surface area contributed by atoms with E-state index in [2.05, 4.69) is 20.8 Å². The van der Waals surface area contributed by atoms with Crippen molar-refractivity contribution in [3.8, 4) is 16.9 Å². The number of aryl methyl sites for hydroxylation is 2. The van der Waals surface area contributed by atoms with Gasteiger partial charge in [-0.1, -0.05) is 48.5 Å². The maximum absolute atomic E-state index is 13.7. The molecule has 0 saturated carbocycles. The maximum atomic E-state index is 13.7. The lowest BCUT2D eigenvalue weighted by atomic mass is 10.1. The lowest BCUT2D eigenvalue weighted by Crippen LogP contribution is -2.26. The fourth-order valence-corrected chi connectivity index (χ4v) is 4.21. The Morgan fingerprint density at radius 3 is 2.27 bits per heavy atom. The van der Waals surface area contributed by atoms with E-state index in [4.69, 9.17) is 5.10 Å². The number of aromatic nitrogens is 6. The van der Waals surface area contributed by atoms with Crippen molar-refractivity contribution in [1.29, 1.82) is 0 Å². The summed E-state index contributed by atoms with van der Waals surface area (Å²) < 4.78 is 4.86. The predicted octanol–water partition coefficient (Wildman–Crippen LogP) is 3.50. The number of rotatable bonds is 7. The van der Waals surface area contributed by atoms with Gasteiger partial charge in [-0.2, -0.15) is 15.3 Å². The van der Waals surface area contributed by atoms with E-state index in [1.807, 2.05) is 80.8 Å². The fraction of sp³-hybridized carbons (Fsp3) is 0.148. The first-order valence-corrected chi connectivity index (χ1v) is 11.7. The minimum atomic E-state index is -0.382. The summed E-state index contributed by atoms with van der Waals surface area (Å²) in [6.07, 6.45) is 4.98. The van der Waals surface area contributed by atoms with Gasteiger partial charge in [0.05, 0.1) is 35.0 Å². The van der Waals surface area contributed by atoms with Crippen LogP contribution >= 0.6 is 0 Å². The number of nitrogens with zero attached hydrogens (tertiary/aromatic N) is 6. The lowest BCUT2D eigenvalue weighted by molar-refractivity contribution is 0.0942. The quantitative estimate of drug-likeness (QED) is 0.360. The molecule has 5 aromatic rings. The zero-order valence-corrected chi connectivity index (χ0v) is 20.7. The van der Waals surface area contributed by atoms with Crippen molar-refractivity contribution in [2.24, 2.45) is 14.1 Å². The Kier molecular flexibility index (Phi) is 6.38. The third kappa shape index (κ3) is 4.76. The largest absolute Gasteiger partial charge is 0.346 e. The van der Waals surface area contributed by atoms with E-state index in [0.29, 0.717) is 29.2 Å². The summed E-state index contributed by atoms with van der Waals surface area (Å²) >= 11 is 0. The number of hydrogen-bond acceptors (Lipinski definition) is 5. The Labute approximate surface area is 213 Å². The topological polar surface area (TPSA) is 112 Å². The van der Waals surface area contributed by atoms with Crippen LogP contribution in [0.1, 0.15) is 32.1 Å². The molecule has 3 heterocycles. The zero-order chi connectivity index (χ0) is 25.9. The molecule has 10 heteroatoms. The molecule has 0 aliphatic rings. The van der Waals surface area contributed by atoms with E-state index >= 15 is 0 Å². The van der Waals surface area contributed by atoms with Crippen molar-refractivity contribution in [2.45, 2.75) is 13.5 Å². The molecule has 2 aromatic carbocycles. The minimum absolute atomic E-state index is 0.242. The van der Waals surface area contributed by atoms with E-state index in [1.165, 1.54) is 10.9 Å². The van der Waals surface area contributed by atoms with Crippen molar-refractivity contribution in [1.82, 2.24) is 34.7 Å². The number of hydrogen-bond donors (Lipinski definition) is 2. The first kappa shape index (κ1) is 23.7. The second-order valence-electron chi connectivity index (χ2n) is 8.61. The SMILES string of the molecule is Cc1c(C(=O)Nc2cnn(C)c2C(=O)NCc2cnn(C)c2)c(-c2ccccc2)nn1-c1ccccc1. The van der Waals surface area contributed by atoms with Gasteiger partial charge in [-0.05, 0) is 19.1 Å². The molecular weight excluding hydrogens is 468 g/mol. The fourth-order valence-electron chi connectivity index (χ4n) is 4.21. The highest BCUT2D eigenvalue weighted by molar-refractivity contribution is 6.11. The van der Waals surface area contributed by atoms with Crippen LogP contribution in [0.25, 0.3) is 16.9 Å². The molecule has 0 radical (unpaired) electrons. The van der Waals surface area contributed by atoms with E-state index in [9.17, 15) is 9.59 Å². The van der Waals surface area contributed by atoms with Crippen LogP contribution in [-0.2, 0) is 20.6 Å². The van der Waals surface area contributed by atoms with E-state index < -0.39 is 0 Å². The number of anilines is 1. The van der Waals surface area contributed by atoms with Gasteiger partial charge >= 0.3 is 0 Å². The third-order valence-corrected chi connectivity index (χ3v) is 6.00. The summed E-state index contributed by atoms with van der Waals surface area (Å²) in [4.78, 5) is 26.7. The van der Waals surface area contributed by atoms with Crippen molar-refractivity contribution < 1.29 is 9.59 Å². The average Bonchev–Trinajstić information content (AvgIpc) is 3.60. The molecule has 2 N–H and O–H groups in total. The number of carbonyl (C=O) groups is 2. The Bertz CT molecular complexity index is 1560. The summed E-state index contributed by atoms with van der Waals surface area (Å²) in [6.45, 7) is 2.15. The summed E-state index contributed by atoms with van der Waals surface area (Å²) in [5.74, 6) is -0.744. The van der Waals surface area contributed by atoms with Gasteiger partial charge in [0, 0.05) is 38.0 Å². The molecule has 0 aliphatic carbocycles. The molecule has 37 heavy (non-hydrogen) atoms. The molecular formula is C27H26N8O2. The standard InChI is InChI=1S/C27H26N8O2/c1-18-23(24(20-10-6-4-7-11-20)32-35(18)21-12-8-5-9-13-21)26(36)31-22-16-30-34(3)25(22)27(37)28-14-19-15-29-33(2)17-19/h4-13,15-17H,14H2,1-3H3,(H,28,37)(H,31,36). The van der Waals surface area contributed by atoms with Crippen molar-refractivity contribution in [3.63, 3.8) is 0 Å². The van der Waals surface area contributed by atoms with Gasteiger partial charge in [-0.25, -0.2) is 4.68 Å². The van der Waals surface area contributed by atoms with Crippen LogP contribution in [-0.4, -0.2) is 41.2 Å². The normalized spacial score (nSPS) is 10.9. The molecule has 0 atom stereocenters. The van der Waals surface area contributed by atoms with Crippen LogP contribution in [0.15, 0.2) is 79.3 Å². The highest BCUT2D eigenvalue weighted by Gasteiger charge is 2.26. The van der Waals surface area contributed by atoms with Crippen molar-refractivity contribution in [2.75, 3.05) is 5.32 Å². The van der Waals surface area contributed by atoms with Gasteiger partial charge in [0.25, 0.3) is 11.8 Å². The second kappa shape index (κ2) is 9.94. The summed E-state index contributed by atoms with van der Waals surface area (Å²) in [7, 11) is 3.47. The molecule has 0 fully saturated rings. The van der Waals surface area contributed by atoms with Crippen molar-refractivity contribution >= 4 is 17.5 Å². The summed E-state index contributed by atoms with van der Waals surface area (Å²) in [6, 6.07) is 19.2. The highest BCUT2D eigenvalue weighted by Crippen LogP contribution is 2.28. The van der Waals surface area contributed by atoms with Gasteiger partial charge in [-0.3, -0.25) is 19.0 Å². The number of benzene rings is 2. The molecule has 0 saturated heterocycles. The molecule has 10 nitrogen and oxygen atoms in total. The maximum Gasteiger partial charge on any atom is 0.271 e. The number of nitrogens with one attached hydrogen (secondary N) is 2. The summed E-state index contributed by atoms with van der Waals surface area (Å²) in [5.41, 5.74) is 4.70. The van der Waals surface area contributed by atoms with Gasteiger partial charge in [-0.15, -0.1) is 0 Å². The Balaban J connectivity index is 1.47. The predicted molar refractivity (Wildman–Crippen MR) is 139 cm³/mol. The van der Waals surface area contributed by atoms with E-state index in [1.54, 1.807) is 22.6 Å². The molecule has 5 rings (SSSR count). The van der Waals surface area contributed by atoms with E-state index in [0.717, 1.165) is 16.8 Å².